The van der Waals surface area contributed by atoms with E-state index in [2.05, 4.69) is 0 Å². The minimum Gasteiger partial charge on any atom is -0.493 e. The maximum Gasteiger partial charge on any atom is 0.460 e. The molecule has 81 heavy (non-hydrogen) atoms. The summed E-state index contributed by atoms with van der Waals surface area (Å²) < 4.78 is 478. The number of rotatable bonds is 23. The van der Waals surface area contributed by atoms with E-state index in [-0.39, 0.29) is 22.5 Å². The third kappa shape index (κ3) is 10.5. The number of alkyl halides is 34. The first-order chi connectivity index (χ1) is 36.0. The van der Waals surface area contributed by atoms with Crippen LogP contribution < -0.4 is 14.4 Å². The first-order valence-electron chi connectivity index (χ1n) is 21.0. The van der Waals surface area contributed by atoms with Gasteiger partial charge in [-0.15, -0.1) is 0 Å². The van der Waals surface area contributed by atoms with Gasteiger partial charge in [-0.3, -0.25) is 9.69 Å². The van der Waals surface area contributed by atoms with Crippen LogP contribution in [-0.2, 0) is 0 Å². The second kappa shape index (κ2) is 20.8. The smallest absolute Gasteiger partial charge is 0.460 e. The van der Waals surface area contributed by atoms with Gasteiger partial charge in [-0.2, -0.15) is 149 Å². The maximum atomic E-state index is 14.7. The lowest BCUT2D eigenvalue weighted by molar-refractivity contribution is -0.461. The number of para-hydroxylation sites is 2. The van der Waals surface area contributed by atoms with Crippen molar-refractivity contribution in [2.75, 3.05) is 18.1 Å². The van der Waals surface area contributed by atoms with Gasteiger partial charge in [0.2, 0.25) is 0 Å². The quantitative estimate of drug-likeness (QED) is 0.0702. The Morgan fingerprint density at radius 2 is 0.605 bits per heavy atom. The normalized spacial score (nSPS) is 15.6. The molecule has 38 heteroatoms. The lowest BCUT2D eigenvalue weighted by Gasteiger charge is -2.42. The van der Waals surface area contributed by atoms with Crippen molar-refractivity contribution >= 4 is 29.4 Å². The van der Waals surface area contributed by atoms with Gasteiger partial charge in [0.25, 0.3) is 5.91 Å². The molecule has 1 aliphatic rings. The highest BCUT2D eigenvalue weighted by atomic mass is 19.4. The summed E-state index contributed by atoms with van der Waals surface area (Å²) >= 11 is 0. The first kappa shape index (κ1) is 67.6. The largest absolute Gasteiger partial charge is 0.493 e. The average molecular weight is 1250 g/mol. The van der Waals surface area contributed by atoms with Gasteiger partial charge >= 0.3 is 95.3 Å². The van der Waals surface area contributed by atoms with Gasteiger partial charge in [0.15, 0.2) is 0 Å². The molecule has 4 rings (SSSR count). The van der Waals surface area contributed by atoms with E-state index < -0.39 is 157 Å². The zero-order valence-electron chi connectivity index (χ0n) is 38.3. The molecule has 0 saturated heterocycles. The van der Waals surface area contributed by atoms with E-state index in [1.54, 1.807) is 0 Å². The highest BCUT2D eigenvalue weighted by molar-refractivity contribution is 6.14. The average Bonchev–Trinajstić information content (AvgIpc) is 3.49. The summed E-state index contributed by atoms with van der Waals surface area (Å²) in [5.41, 5.74) is -0.545. The van der Waals surface area contributed by atoms with Crippen LogP contribution in [0.1, 0.15) is 47.2 Å². The predicted molar refractivity (Wildman–Crippen MR) is 206 cm³/mol. The predicted octanol–water partition coefficient (Wildman–Crippen LogP) is 17.5. The van der Waals surface area contributed by atoms with Crippen LogP contribution in [0.4, 0.5) is 161 Å². The number of carbonyl (C=O) groups excluding carboxylic acids is 1. The van der Waals surface area contributed by atoms with Gasteiger partial charge < -0.3 is 9.47 Å². The molecule has 1 amide bonds. The Labute approximate surface area is 427 Å². The minimum absolute atomic E-state index is 0.0420. The standard InChI is InChI=1S/C43H25F34NO3/c44-28(45,30(48,49)32(52,53)34(56,57)36(60,61)38(64,65)40(68,69)42(72,73)74)13-5-15-80-23-17-22(27(79)78-25-9-3-1-7-20(25)11-12-21-8-2-4-10-26(21)78)18-24(19-23)81-16-6-14-29(46,47)31(50,51)33(54,55)35(58,59)37(62,63)39(66,67)41(70,71)43(75,76)77/h1-4,7-12,17-19H,5-6,13-16H2. The number of halogens is 34. The van der Waals surface area contributed by atoms with Crippen molar-refractivity contribution in [1.29, 1.82) is 0 Å². The summed E-state index contributed by atoms with van der Waals surface area (Å²) in [6.45, 7) is -3.45. The fourth-order valence-electron chi connectivity index (χ4n) is 6.86. The highest BCUT2D eigenvalue weighted by Crippen LogP contribution is 2.66. The lowest BCUT2D eigenvalue weighted by atomic mass is 9.88. The van der Waals surface area contributed by atoms with Crippen molar-refractivity contribution in [1.82, 2.24) is 0 Å². The molecule has 0 unspecified atom stereocenters. The van der Waals surface area contributed by atoms with Crippen LogP contribution in [0.25, 0.3) is 12.2 Å². The molecule has 0 atom stereocenters. The number of amides is 1. The molecule has 0 fully saturated rings. The maximum absolute atomic E-state index is 14.7. The molecule has 0 saturated carbocycles. The number of benzene rings is 3. The van der Waals surface area contributed by atoms with Crippen molar-refractivity contribution in [3.63, 3.8) is 0 Å². The van der Waals surface area contributed by atoms with Crippen molar-refractivity contribution in [3.05, 3.63) is 83.4 Å². The molecule has 0 aromatic heterocycles. The van der Waals surface area contributed by atoms with Crippen LogP contribution >= 0.6 is 0 Å². The fourth-order valence-corrected chi connectivity index (χ4v) is 6.86. The monoisotopic (exact) mass is 1250 g/mol. The summed E-state index contributed by atoms with van der Waals surface area (Å²) in [5.74, 6) is -121. The van der Waals surface area contributed by atoms with E-state index in [0.29, 0.717) is 18.2 Å². The van der Waals surface area contributed by atoms with E-state index in [1.165, 1.54) is 60.7 Å². The Hall–Kier alpha value is -5.91. The van der Waals surface area contributed by atoms with Crippen LogP contribution in [0.15, 0.2) is 66.7 Å². The molecule has 1 aliphatic heterocycles. The molecular formula is C43H25F34NO3. The number of hydrogen-bond acceptors (Lipinski definition) is 3. The van der Waals surface area contributed by atoms with Crippen LogP contribution in [-0.4, -0.2) is 114 Å². The SMILES string of the molecule is O=C(c1cc(OCCCC(F)(F)C(F)(F)C(F)(F)C(F)(F)C(F)(F)C(F)(F)C(F)(F)C(F)(F)F)cc(OCCCC(F)(F)C(F)(F)C(F)(F)C(F)(F)C(F)(F)C(F)(F)C(F)(F)C(F)(F)F)c1)N1c2ccccc2C=Cc2ccccc21. The molecule has 458 valence electrons. The van der Waals surface area contributed by atoms with Crippen molar-refractivity contribution in [2.45, 2.75) is 121 Å². The third-order valence-corrected chi connectivity index (χ3v) is 11.5. The first-order valence-corrected chi connectivity index (χ1v) is 21.0. The molecule has 3 aromatic carbocycles. The summed E-state index contributed by atoms with van der Waals surface area (Å²) in [6, 6.07) is 12.1. The molecule has 0 N–H and O–H groups in total. The molecular weight excluding hydrogens is 1220 g/mol. The van der Waals surface area contributed by atoms with E-state index in [4.69, 9.17) is 9.47 Å². The van der Waals surface area contributed by atoms with E-state index in [9.17, 15) is 154 Å². The summed E-state index contributed by atoms with van der Waals surface area (Å²) in [5, 5.41) is 0. The number of hydrogen-bond donors (Lipinski definition) is 0. The Morgan fingerprint density at radius 3 is 0.889 bits per heavy atom. The van der Waals surface area contributed by atoms with Crippen LogP contribution in [0, 0.1) is 0 Å². The molecule has 0 spiro atoms. The Morgan fingerprint density at radius 1 is 0.346 bits per heavy atom. The molecule has 4 nitrogen and oxygen atoms in total. The van der Waals surface area contributed by atoms with Gasteiger partial charge in [0.1, 0.15) is 11.5 Å². The zero-order valence-corrected chi connectivity index (χ0v) is 38.3. The Bertz CT molecular complexity index is 2600. The topological polar surface area (TPSA) is 38.8 Å². The van der Waals surface area contributed by atoms with Gasteiger partial charge in [0, 0.05) is 24.5 Å². The van der Waals surface area contributed by atoms with Crippen LogP contribution in [0.2, 0.25) is 0 Å². The second-order valence-corrected chi connectivity index (χ2v) is 17.0. The van der Waals surface area contributed by atoms with Crippen molar-refractivity contribution in [3.8, 4) is 11.5 Å². The number of nitrogens with zero attached hydrogens (tertiary/aromatic N) is 1. The lowest BCUT2D eigenvalue weighted by Crippen LogP contribution is -2.74. The molecule has 1 heterocycles. The molecule has 3 aromatic rings. The Kier molecular flexibility index (Phi) is 17.3. The summed E-state index contributed by atoms with van der Waals surface area (Å²) in [6.07, 6.45) is -23.3. The second-order valence-electron chi connectivity index (χ2n) is 17.0. The third-order valence-electron chi connectivity index (χ3n) is 11.5. The summed E-state index contributed by atoms with van der Waals surface area (Å²) in [4.78, 5) is 15.2. The summed E-state index contributed by atoms with van der Waals surface area (Å²) in [7, 11) is 0. The number of carbonyl (C=O) groups is 1. The Balaban J connectivity index is 1.67. The minimum atomic E-state index is -8.95. The van der Waals surface area contributed by atoms with E-state index >= 15 is 0 Å². The highest BCUT2D eigenvalue weighted by Gasteiger charge is 2.97. The number of anilines is 2. The van der Waals surface area contributed by atoms with Crippen LogP contribution in [0.5, 0.6) is 11.5 Å². The molecule has 0 aliphatic carbocycles. The van der Waals surface area contributed by atoms with E-state index in [1.807, 2.05) is 0 Å². The van der Waals surface area contributed by atoms with Crippen molar-refractivity contribution in [2.24, 2.45) is 0 Å². The number of fused-ring (bicyclic) bond motifs is 2. The molecule has 0 bridgehead atoms. The van der Waals surface area contributed by atoms with Gasteiger partial charge in [-0.1, -0.05) is 48.6 Å². The van der Waals surface area contributed by atoms with Crippen LogP contribution in [0.3, 0.4) is 0 Å². The fraction of sp³-hybridized carbons (Fsp3) is 0.512. The van der Waals surface area contributed by atoms with E-state index in [0.717, 1.165) is 4.90 Å². The van der Waals surface area contributed by atoms with Gasteiger partial charge in [0.05, 0.1) is 24.6 Å². The van der Waals surface area contributed by atoms with Crippen molar-refractivity contribution < 1.29 is 164 Å². The number of ether oxygens (including phenoxy) is 2. The van der Waals surface area contributed by atoms with Gasteiger partial charge in [-0.05, 0) is 48.2 Å². The van der Waals surface area contributed by atoms with Gasteiger partial charge in [-0.25, -0.2) is 0 Å². The zero-order chi connectivity index (χ0) is 63.0. The molecule has 0 radical (unpaired) electrons.